The van der Waals surface area contributed by atoms with E-state index in [-0.39, 0.29) is 18.3 Å². The minimum atomic E-state index is -0.294. The Labute approximate surface area is 136 Å². The molecule has 22 heavy (non-hydrogen) atoms. The molecule has 0 aliphatic carbocycles. The highest BCUT2D eigenvalue weighted by Crippen LogP contribution is 2.26. The zero-order valence-corrected chi connectivity index (χ0v) is 13.4. The molecule has 114 valence electrons. The molecule has 0 atom stereocenters. The summed E-state index contributed by atoms with van der Waals surface area (Å²) in [6.07, 6.45) is 1.52. The van der Waals surface area contributed by atoms with E-state index in [0.29, 0.717) is 11.3 Å². The molecule has 2 aromatic carbocycles. The van der Waals surface area contributed by atoms with Crippen molar-refractivity contribution in [2.45, 2.75) is 13.5 Å². The molecule has 0 aliphatic rings. The molecule has 0 spiro atoms. The van der Waals surface area contributed by atoms with E-state index in [1.165, 1.54) is 19.2 Å². The lowest BCUT2D eigenvalue weighted by molar-refractivity contribution is -0.118. The third-order valence-corrected chi connectivity index (χ3v) is 3.35. The van der Waals surface area contributed by atoms with Gasteiger partial charge in [0, 0.05) is 12.5 Å². The number of amides is 1. The van der Waals surface area contributed by atoms with E-state index in [1.54, 1.807) is 36.4 Å². The van der Waals surface area contributed by atoms with Gasteiger partial charge in [0.2, 0.25) is 5.91 Å². The van der Waals surface area contributed by atoms with E-state index >= 15 is 0 Å². The van der Waals surface area contributed by atoms with Gasteiger partial charge in [-0.05, 0) is 45.8 Å². The Morgan fingerprint density at radius 3 is 2.82 bits per heavy atom. The van der Waals surface area contributed by atoms with Crippen LogP contribution in [0.3, 0.4) is 0 Å². The predicted octanol–water partition coefficient (Wildman–Crippen LogP) is 3.64. The Bertz CT molecular complexity index is 704. The highest BCUT2D eigenvalue weighted by molar-refractivity contribution is 9.10. The Balaban J connectivity index is 2.02. The van der Waals surface area contributed by atoms with E-state index < -0.39 is 0 Å². The molecule has 0 unspecified atom stereocenters. The molecule has 0 fully saturated rings. The number of nitrogens with one attached hydrogen (secondary N) is 1. The molecule has 1 amide bonds. The highest BCUT2D eigenvalue weighted by Gasteiger charge is 2.05. The number of hydrogen-bond acceptors (Lipinski definition) is 3. The first-order valence-corrected chi connectivity index (χ1v) is 7.31. The SMILES string of the molecule is CC(=O)N/N=C\c1ccc(OCc2ccccc2F)c(Br)c1. The molecule has 1 N–H and O–H groups in total. The van der Waals surface area contributed by atoms with E-state index in [9.17, 15) is 9.18 Å². The third kappa shape index (κ3) is 4.66. The van der Waals surface area contributed by atoms with Crippen LogP contribution < -0.4 is 10.2 Å². The second-order valence-corrected chi connectivity index (χ2v) is 5.35. The van der Waals surface area contributed by atoms with Crippen molar-refractivity contribution in [1.29, 1.82) is 0 Å². The zero-order chi connectivity index (χ0) is 15.9. The second kappa shape index (κ2) is 7.70. The van der Waals surface area contributed by atoms with Crippen molar-refractivity contribution in [2.75, 3.05) is 0 Å². The van der Waals surface area contributed by atoms with Crippen molar-refractivity contribution in [3.63, 3.8) is 0 Å². The van der Waals surface area contributed by atoms with E-state index in [0.717, 1.165) is 10.0 Å². The molecule has 0 aliphatic heterocycles. The largest absolute Gasteiger partial charge is 0.488 e. The fraction of sp³-hybridized carbons (Fsp3) is 0.125. The van der Waals surface area contributed by atoms with Crippen LogP contribution in [0.5, 0.6) is 5.75 Å². The third-order valence-electron chi connectivity index (χ3n) is 2.73. The average molecular weight is 365 g/mol. The van der Waals surface area contributed by atoms with Crippen molar-refractivity contribution in [3.8, 4) is 5.75 Å². The second-order valence-electron chi connectivity index (χ2n) is 4.50. The fourth-order valence-corrected chi connectivity index (χ4v) is 2.19. The van der Waals surface area contributed by atoms with E-state index in [4.69, 9.17) is 4.74 Å². The van der Waals surface area contributed by atoms with Crippen LogP contribution in [0.25, 0.3) is 0 Å². The molecule has 0 saturated heterocycles. The summed E-state index contributed by atoms with van der Waals surface area (Å²) in [6, 6.07) is 11.8. The summed E-state index contributed by atoms with van der Waals surface area (Å²) in [5, 5.41) is 3.78. The van der Waals surface area contributed by atoms with Crippen LogP contribution in [-0.4, -0.2) is 12.1 Å². The van der Waals surface area contributed by atoms with Gasteiger partial charge in [0.05, 0.1) is 10.7 Å². The lowest BCUT2D eigenvalue weighted by atomic mass is 10.2. The maximum atomic E-state index is 13.5. The van der Waals surface area contributed by atoms with Gasteiger partial charge in [-0.1, -0.05) is 18.2 Å². The number of nitrogens with zero attached hydrogens (tertiary/aromatic N) is 1. The lowest BCUT2D eigenvalue weighted by Gasteiger charge is -2.09. The number of carbonyl (C=O) groups excluding carboxylic acids is 1. The molecule has 2 rings (SSSR count). The molecular weight excluding hydrogens is 351 g/mol. The number of ether oxygens (including phenoxy) is 1. The van der Waals surface area contributed by atoms with Crippen molar-refractivity contribution in [2.24, 2.45) is 5.10 Å². The van der Waals surface area contributed by atoms with Crippen LogP contribution >= 0.6 is 15.9 Å². The molecule has 0 saturated carbocycles. The number of rotatable bonds is 5. The monoisotopic (exact) mass is 364 g/mol. The van der Waals surface area contributed by atoms with Crippen LogP contribution in [0.1, 0.15) is 18.1 Å². The smallest absolute Gasteiger partial charge is 0.236 e. The van der Waals surface area contributed by atoms with Crippen LogP contribution in [0.2, 0.25) is 0 Å². The molecule has 0 heterocycles. The average Bonchev–Trinajstić information content (AvgIpc) is 2.47. The first-order chi connectivity index (χ1) is 10.6. The Kier molecular flexibility index (Phi) is 5.66. The van der Waals surface area contributed by atoms with Crippen LogP contribution in [0.4, 0.5) is 4.39 Å². The summed E-state index contributed by atoms with van der Waals surface area (Å²) in [4.78, 5) is 10.7. The van der Waals surface area contributed by atoms with Crippen molar-refractivity contribution >= 4 is 28.1 Å². The molecule has 6 heteroatoms. The zero-order valence-electron chi connectivity index (χ0n) is 11.8. The molecule has 0 aromatic heterocycles. The van der Waals surface area contributed by atoms with Crippen molar-refractivity contribution < 1.29 is 13.9 Å². The van der Waals surface area contributed by atoms with Crippen molar-refractivity contribution in [1.82, 2.24) is 5.43 Å². The number of benzene rings is 2. The normalized spacial score (nSPS) is 10.7. The topological polar surface area (TPSA) is 50.7 Å². The number of halogens is 2. The van der Waals surface area contributed by atoms with E-state index in [1.807, 2.05) is 0 Å². The molecule has 0 bridgehead atoms. The Morgan fingerprint density at radius 2 is 2.14 bits per heavy atom. The Morgan fingerprint density at radius 1 is 1.36 bits per heavy atom. The van der Waals surface area contributed by atoms with Gasteiger partial charge >= 0.3 is 0 Å². The van der Waals surface area contributed by atoms with Crippen molar-refractivity contribution in [3.05, 3.63) is 63.9 Å². The molecular formula is C16H14BrFN2O2. The van der Waals surface area contributed by atoms with Gasteiger partial charge < -0.3 is 4.74 Å². The molecule has 4 nitrogen and oxygen atoms in total. The number of hydrazone groups is 1. The summed E-state index contributed by atoms with van der Waals surface area (Å²) < 4.78 is 19.8. The maximum Gasteiger partial charge on any atom is 0.236 e. The predicted molar refractivity (Wildman–Crippen MR) is 86.3 cm³/mol. The Hall–Kier alpha value is -2.21. The van der Waals surface area contributed by atoms with Gasteiger partial charge in [0.15, 0.2) is 0 Å². The first kappa shape index (κ1) is 16.2. The summed E-state index contributed by atoms with van der Waals surface area (Å²) in [5.41, 5.74) is 3.61. The minimum Gasteiger partial charge on any atom is -0.488 e. The van der Waals surface area contributed by atoms with Crippen LogP contribution in [0.15, 0.2) is 52.0 Å². The summed E-state index contributed by atoms with van der Waals surface area (Å²) in [5.74, 6) is 0.0674. The highest BCUT2D eigenvalue weighted by atomic mass is 79.9. The van der Waals surface area contributed by atoms with Gasteiger partial charge in [0.1, 0.15) is 18.2 Å². The summed E-state index contributed by atoms with van der Waals surface area (Å²) >= 11 is 3.39. The van der Waals surface area contributed by atoms with Gasteiger partial charge in [-0.2, -0.15) is 5.10 Å². The van der Waals surface area contributed by atoms with Crippen LogP contribution in [0, 0.1) is 5.82 Å². The van der Waals surface area contributed by atoms with Gasteiger partial charge in [-0.15, -0.1) is 0 Å². The first-order valence-electron chi connectivity index (χ1n) is 6.51. The van der Waals surface area contributed by atoms with Crippen LogP contribution in [-0.2, 0) is 11.4 Å². The lowest BCUT2D eigenvalue weighted by Crippen LogP contribution is -2.12. The summed E-state index contributed by atoms with van der Waals surface area (Å²) in [6.45, 7) is 1.53. The quantitative estimate of drug-likeness (QED) is 0.650. The van der Waals surface area contributed by atoms with Gasteiger partial charge in [0.25, 0.3) is 0 Å². The number of carbonyl (C=O) groups is 1. The maximum absolute atomic E-state index is 13.5. The van der Waals surface area contributed by atoms with Gasteiger partial charge in [-0.3, -0.25) is 4.79 Å². The fourth-order valence-electron chi connectivity index (χ4n) is 1.68. The molecule has 0 radical (unpaired) electrons. The standard InChI is InChI=1S/C16H14BrFN2O2/c1-11(21)20-19-9-12-6-7-16(14(17)8-12)22-10-13-4-2-3-5-15(13)18/h2-9H,10H2,1H3,(H,20,21)/b19-9-. The summed E-state index contributed by atoms with van der Waals surface area (Å²) in [7, 11) is 0. The van der Waals surface area contributed by atoms with E-state index in [2.05, 4.69) is 26.5 Å². The molecule has 2 aromatic rings. The number of hydrogen-bond donors (Lipinski definition) is 1. The minimum absolute atomic E-state index is 0.143. The van der Waals surface area contributed by atoms with Gasteiger partial charge in [-0.25, -0.2) is 9.82 Å².